The molecule has 4 saturated heterocycles. The van der Waals surface area contributed by atoms with E-state index >= 15 is 0 Å². The Morgan fingerprint density at radius 3 is 2.52 bits per heavy atom. The van der Waals surface area contributed by atoms with Crippen molar-refractivity contribution >= 4 is 17.5 Å². The molecule has 10 unspecified atom stereocenters. The lowest BCUT2D eigenvalue weighted by molar-refractivity contribution is -0.204. The van der Waals surface area contributed by atoms with E-state index in [1.54, 1.807) is 0 Å². The molecule has 7 rings (SSSR count). The Morgan fingerprint density at radius 2 is 1.83 bits per heavy atom. The molecule has 0 spiro atoms. The van der Waals surface area contributed by atoms with Crippen LogP contribution in [0.15, 0.2) is 0 Å². The molecule has 0 bridgehead atoms. The van der Waals surface area contributed by atoms with Crippen molar-refractivity contribution in [3.63, 3.8) is 0 Å². The number of nitrogens with zero attached hydrogens (tertiary/aromatic N) is 3. The molecule has 11 heteroatoms. The summed E-state index contributed by atoms with van der Waals surface area (Å²) >= 11 is 6.65. The Labute approximate surface area is 253 Å². The number of alkyl halides is 4. The van der Waals surface area contributed by atoms with E-state index in [4.69, 9.17) is 16.3 Å². The molecule has 3 saturated carbocycles. The van der Waals surface area contributed by atoms with Crippen LogP contribution in [0.2, 0.25) is 0 Å². The van der Waals surface area contributed by atoms with Gasteiger partial charge in [0.05, 0.1) is 32.0 Å². The minimum atomic E-state index is -4.27. The van der Waals surface area contributed by atoms with Crippen molar-refractivity contribution in [3.05, 3.63) is 0 Å². The van der Waals surface area contributed by atoms with Crippen molar-refractivity contribution in [1.29, 1.82) is 0 Å². The highest BCUT2D eigenvalue weighted by atomic mass is 35.5. The van der Waals surface area contributed by atoms with E-state index in [2.05, 4.69) is 27.7 Å². The number of amides is 1. The van der Waals surface area contributed by atoms with E-state index in [1.165, 1.54) is 6.42 Å². The molecule has 7 nitrogen and oxygen atoms in total. The predicted molar refractivity (Wildman–Crippen MR) is 154 cm³/mol. The molecule has 42 heavy (non-hydrogen) atoms. The molecule has 4 heterocycles. The van der Waals surface area contributed by atoms with Crippen molar-refractivity contribution in [1.82, 2.24) is 25.6 Å². The second-order valence-corrected chi connectivity index (χ2v) is 15.7. The van der Waals surface area contributed by atoms with Gasteiger partial charge in [-0.2, -0.15) is 13.2 Å². The zero-order chi connectivity index (χ0) is 29.2. The number of carbonyl (C=O) groups excluding carboxylic acids is 1. The van der Waals surface area contributed by atoms with Crippen LogP contribution >= 0.6 is 11.6 Å². The number of fused-ring (bicyclic) bond motifs is 2. The van der Waals surface area contributed by atoms with Crippen LogP contribution in [0.25, 0.3) is 0 Å². The molecule has 4 aliphatic heterocycles. The van der Waals surface area contributed by atoms with Gasteiger partial charge in [0.15, 0.2) is 0 Å². The Hall–Kier alpha value is -0.650. The van der Waals surface area contributed by atoms with Gasteiger partial charge < -0.3 is 14.5 Å². The number of hydrogen-bond acceptors (Lipinski definition) is 6. The molecule has 1 amide bonds. The van der Waals surface area contributed by atoms with Gasteiger partial charge in [-0.1, -0.05) is 12.8 Å². The normalized spacial score (nSPS) is 44.7. The van der Waals surface area contributed by atoms with Gasteiger partial charge in [-0.3, -0.25) is 9.69 Å². The highest BCUT2D eigenvalue weighted by molar-refractivity contribution is 6.20. The third-order valence-electron chi connectivity index (χ3n) is 12.7. The fourth-order valence-corrected chi connectivity index (χ4v) is 10.8. The van der Waals surface area contributed by atoms with E-state index in [0.717, 1.165) is 77.9 Å². The van der Waals surface area contributed by atoms with Gasteiger partial charge in [0.25, 0.3) is 0 Å². The average molecular weight is 616 g/mol. The summed E-state index contributed by atoms with van der Waals surface area (Å²) in [5.41, 5.74) is 6.67. The predicted octanol–water partition coefficient (Wildman–Crippen LogP) is 4.28. The largest absolute Gasteiger partial charge is 0.392 e. The molecule has 7 aliphatic rings. The number of hydrazine groups is 1. The number of ether oxygens (including phenoxy) is 1. The van der Waals surface area contributed by atoms with Crippen LogP contribution in [0.3, 0.4) is 0 Å². The standard InChI is InChI=1S/C31H49ClF3N5O2/c1-38-18-36-37-28(38)11-30(16-42-17-30)21-5-3-6-22(10-21)40-15-25-23(29(40)41)8-19(9-26(25)31(33,34)35)12-39-13-20-4-2-7-27(32)24(20)14-39/h19-28,36-37H,2-18H2,1H3. The Balaban J connectivity index is 1.03. The summed E-state index contributed by atoms with van der Waals surface area (Å²) in [6.07, 6.45) is 5.00. The molecule has 238 valence electrons. The van der Waals surface area contributed by atoms with E-state index < -0.39 is 23.9 Å². The lowest BCUT2D eigenvalue weighted by Crippen LogP contribution is -2.56. The van der Waals surface area contributed by atoms with Gasteiger partial charge in [0, 0.05) is 48.9 Å². The fraction of sp³-hybridized carbons (Fsp3) is 0.968. The van der Waals surface area contributed by atoms with Crippen LogP contribution in [0.1, 0.15) is 64.2 Å². The number of nitrogens with one attached hydrogen (secondary N) is 2. The first-order chi connectivity index (χ1) is 20.1. The van der Waals surface area contributed by atoms with Gasteiger partial charge in [-0.25, -0.2) is 10.9 Å². The molecular weight excluding hydrogens is 567 g/mol. The zero-order valence-corrected chi connectivity index (χ0v) is 25.7. The van der Waals surface area contributed by atoms with Gasteiger partial charge >= 0.3 is 6.18 Å². The second kappa shape index (κ2) is 11.6. The van der Waals surface area contributed by atoms with E-state index in [-0.39, 0.29) is 47.8 Å². The smallest absolute Gasteiger partial charge is 0.380 e. The lowest BCUT2D eigenvalue weighted by atomic mass is 9.64. The summed E-state index contributed by atoms with van der Waals surface area (Å²) in [4.78, 5) is 20.5. The Kier molecular flexibility index (Phi) is 8.30. The highest BCUT2D eigenvalue weighted by Gasteiger charge is 2.58. The summed E-state index contributed by atoms with van der Waals surface area (Å²) in [6, 6.07) is 0.0430. The third-order valence-corrected chi connectivity index (χ3v) is 13.2. The Morgan fingerprint density at radius 1 is 1.02 bits per heavy atom. The van der Waals surface area contributed by atoms with Crippen LogP contribution in [0, 0.1) is 46.8 Å². The fourth-order valence-electron chi connectivity index (χ4n) is 10.4. The number of carbonyl (C=O) groups is 1. The van der Waals surface area contributed by atoms with Crippen LogP contribution in [0.5, 0.6) is 0 Å². The molecule has 0 radical (unpaired) electrons. The van der Waals surface area contributed by atoms with Crippen molar-refractivity contribution < 1.29 is 22.7 Å². The van der Waals surface area contributed by atoms with Gasteiger partial charge in [-0.05, 0) is 88.0 Å². The van der Waals surface area contributed by atoms with Crippen molar-refractivity contribution in [2.45, 2.75) is 88.0 Å². The number of rotatable bonds is 6. The van der Waals surface area contributed by atoms with Crippen molar-refractivity contribution in [2.75, 3.05) is 53.1 Å². The number of hydrogen-bond donors (Lipinski definition) is 2. The summed E-state index contributed by atoms with van der Waals surface area (Å²) in [6.45, 7) is 5.07. The van der Waals surface area contributed by atoms with Crippen LogP contribution in [0.4, 0.5) is 13.2 Å². The van der Waals surface area contributed by atoms with E-state index in [1.807, 2.05) is 4.90 Å². The molecule has 0 aromatic heterocycles. The maximum Gasteiger partial charge on any atom is 0.392 e. The first-order valence-corrected chi connectivity index (χ1v) is 17.0. The quantitative estimate of drug-likeness (QED) is 0.435. The monoisotopic (exact) mass is 615 g/mol. The van der Waals surface area contributed by atoms with E-state index in [9.17, 15) is 18.0 Å². The van der Waals surface area contributed by atoms with Gasteiger partial charge in [0.1, 0.15) is 0 Å². The molecule has 2 N–H and O–H groups in total. The molecule has 0 aromatic carbocycles. The minimum absolute atomic E-state index is 0.000756. The van der Waals surface area contributed by atoms with Crippen molar-refractivity contribution in [3.8, 4) is 0 Å². The molecular formula is C31H49ClF3N5O2. The second-order valence-electron chi connectivity index (χ2n) is 15.2. The highest BCUT2D eigenvalue weighted by Crippen LogP contribution is 2.53. The maximum atomic E-state index is 14.6. The van der Waals surface area contributed by atoms with Crippen LogP contribution in [-0.4, -0.2) is 97.5 Å². The SMILES string of the molecule is CN1CNNC1CC1(C2CCCC(N3CC4C(CC(CN5CC6CCCC(Cl)C6C5)CC4C(F)(F)F)C3=O)C2)COC1. The first-order valence-electron chi connectivity index (χ1n) is 16.6. The summed E-state index contributed by atoms with van der Waals surface area (Å²) in [5, 5.41) is 0.189. The summed E-state index contributed by atoms with van der Waals surface area (Å²) in [5.74, 6) is -1.12. The molecule has 10 atom stereocenters. The molecule has 0 aromatic rings. The lowest BCUT2D eigenvalue weighted by Gasteiger charge is -2.52. The van der Waals surface area contributed by atoms with Crippen LogP contribution in [-0.2, 0) is 9.53 Å². The average Bonchev–Trinajstić information content (AvgIpc) is 3.63. The third kappa shape index (κ3) is 5.52. The van der Waals surface area contributed by atoms with Gasteiger partial charge in [0.2, 0.25) is 5.91 Å². The van der Waals surface area contributed by atoms with E-state index in [0.29, 0.717) is 30.7 Å². The summed E-state index contributed by atoms with van der Waals surface area (Å²) < 4.78 is 49.5. The Bertz CT molecular complexity index is 1000. The molecule has 7 fully saturated rings. The maximum absolute atomic E-state index is 14.6. The number of halogens is 4. The first kappa shape index (κ1) is 30.0. The van der Waals surface area contributed by atoms with Crippen LogP contribution < -0.4 is 10.9 Å². The van der Waals surface area contributed by atoms with Gasteiger partial charge in [-0.15, -0.1) is 11.6 Å². The molecule has 3 aliphatic carbocycles. The zero-order valence-electron chi connectivity index (χ0n) is 25.0. The summed E-state index contributed by atoms with van der Waals surface area (Å²) in [7, 11) is 2.11. The minimum Gasteiger partial charge on any atom is -0.380 e. The number of likely N-dealkylation sites (tertiary alicyclic amines) is 2. The van der Waals surface area contributed by atoms with Crippen molar-refractivity contribution in [2.24, 2.45) is 46.8 Å². The topological polar surface area (TPSA) is 60.1 Å².